The largest absolute Gasteiger partial charge is 0.479 e. The van der Waals surface area contributed by atoms with Crippen LogP contribution in [0.5, 0.6) is 0 Å². The molecule has 10 heteroatoms. The highest BCUT2D eigenvalue weighted by Crippen LogP contribution is 2.16. The molecule has 0 aromatic carbocycles. The van der Waals surface area contributed by atoms with Crippen molar-refractivity contribution in [3.05, 3.63) is 17.9 Å². The van der Waals surface area contributed by atoms with Crippen LogP contribution in [0.15, 0.2) is 21.6 Å². The van der Waals surface area contributed by atoms with Crippen molar-refractivity contribution in [1.29, 1.82) is 0 Å². The second-order valence-electron chi connectivity index (χ2n) is 4.30. The number of carboxylic acid groups (broad SMARTS) is 1. The van der Waals surface area contributed by atoms with Gasteiger partial charge in [-0.2, -0.15) is 0 Å². The van der Waals surface area contributed by atoms with E-state index in [-0.39, 0.29) is 23.8 Å². The Morgan fingerprint density at radius 3 is 2.52 bits per heavy atom. The summed E-state index contributed by atoms with van der Waals surface area (Å²) >= 11 is 0. The molecule has 1 aromatic heterocycles. The number of carbonyl (C=O) groups is 2. The van der Waals surface area contributed by atoms with E-state index < -0.39 is 28.0 Å². The summed E-state index contributed by atoms with van der Waals surface area (Å²) in [5.41, 5.74) is 0. The van der Waals surface area contributed by atoms with Crippen LogP contribution in [0.4, 0.5) is 0 Å². The summed E-state index contributed by atoms with van der Waals surface area (Å²) < 4.78 is 29.4. The van der Waals surface area contributed by atoms with Crippen molar-refractivity contribution in [2.45, 2.75) is 17.6 Å². The lowest BCUT2D eigenvalue weighted by Crippen LogP contribution is -2.29. The van der Waals surface area contributed by atoms with Crippen molar-refractivity contribution in [2.24, 2.45) is 0 Å². The van der Waals surface area contributed by atoms with Gasteiger partial charge in [-0.15, -0.1) is 0 Å². The number of amides is 1. The Balaban J connectivity index is 2.65. The predicted octanol–water partition coefficient (Wildman–Crippen LogP) is -0.905. The number of carboxylic acids is 1. The van der Waals surface area contributed by atoms with Crippen LogP contribution in [0.3, 0.4) is 0 Å². The topological polar surface area (TPSA) is 137 Å². The van der Waals surface area contributed by atoms with Gasteiger partial charge in [-0.1, -0.05) is 0 Å². The number of carbonyl (C=O) groups excluding carboxylic acids is 1. The van der Waals surface area contributed by atoms with Gasteiger partial charge in [0.05, 0.1) is 0 Å². The first kappa shape index (κ1) is 17.1. The Morgan fingerprint density at radius 1 is 1.38 bits per heavy atom. The standard InChI is InChI=1S/C11H16N2O7S/c1-13(2)21(18,19)9-4-3-8(20-9)10(15)12-6-5-7(14)11(16)17/h3-4,7,14H,5-6H2,1-2H3,(H,12,15)(H,16,17). The van der Waals surface area contributed by atoms with Crippen LogP contribution in [0, 0.1) is 0 Å². The Hall–Kier alpha value is -1.91. The summed E-state index contributed by atoms with van der Waals surface area (Å²) in [6.45, 7) is -0.0945. The molecule has 0 aliphatic rings. The molecule has 0 radical (unpaired) electrons. The van der Waals surface area contributed by atoms with Crippen molar-refractivity contribution < 1.29 is 32.6 Å². The first-order chi connectivity index (χ1) is 9.66. The van der Waals surface area contributed by atoms with Crippen LogP contribution >= 0.6 is 0 Å². The van der Waals surface area contributed by atoms with E-state index in [0.717, 1.165) is 10.4 Å². The molecule has 0 spiro atoms. The van der Waals surface area contributed by atoms with Gasteiger partial charge in [0.1, 0.15) is 0 Å². The molecule has 1 rings (SSSR count). The van der Waals surface area contributed by atoms with Gasteiger partial charge in [0.2, 0.25) is 5.09 Å². The SMILES string of the molecule is CN(C)S(=O)(=O)c1ccc(C(=O)NCCC(O)C(=O)O)o1. The molecule has 1 heterocycles. The molecule has 0 saturated carbocycles. The number of rotatable bonds is 7. The second kappa shape index (κ2) is 6.70. The van der Waals surface area contributed by atoms with Gasteiger partial charge in [-0.05, 0) is 12.1 Å². The number of aliphatic carboxylic acids is 1. The Bertz CT molecular complexity index is 620. The van der Waals surface area contributed by atoms with E-state index in [2.05, 4.69) is 5.32 Å². The molecule has 1 aromatic rings. The molecule has 0 fully saturated rings. The number of sulfonamides is 1. The monoisotopic (exact) mass is 320 g/mol. The van der Waals surface area contributed by atoms with Crippen molar-refractivity contribution in [1.82, 2.24) is 9.62 Å². The average molecular weight is 320 g/mol. The highest BCUT2D eigenvalue weighted by atomic mass is 32.2. The zero-order chi connectivity index (χ0) is 16.2. The Labute approximate surface area is 121 Å². The van der Waals surface area contributed by atoms with Gasteiger partial charge in [-0.25, -0.2) is 17.5 Å². The first-order valence-corrected chi connectivity index (χ1v) is 7.31. The number of aliphatic hydroxyl groups is 1. The van der Waals surface area contributed by atoms with E-state index >= 15 is 0 Å². The van der Waals surface area contributed by atoms with Crippen LogP contribution in [-0.4, -0.2) is 61.6 Å². The minimum atomic E-state index is -3.77. The molecule has 3 N–H and O–H groups in total. The third kappa shape index (κ3) is 4.28. The number of nitrogens with one attached hydrogen (secondary N) is 1. The summed E-state index contributed by atoms with van der Waals surface area (Å²) in [5.74, 6) is -2.31. The molecule has 1 amide bonds. The lowest BCUT2D eigenvalue weighted by molar-refractivity contribution is -0.146. The smallest absolute Gasteiger partial charge is 0.332 e. The molecule has 0 aliphatic carbocycles. The molecule has 1 atom stereocenters. The van der Waals surface area contributed by atoms with Crippen LogP contribution in [0.1, 0.15) is 17.0 Å². The molecule has 21 heavy (non-hydrogen) atoms. The van der Waals surface area contributed by atoms with Crippen LogP contribution in [0.2, 0.25) is 0 Å². The van der Waals surface area contributed by atoms with Crippen LogP contribution < -0.4 is 5.32 Å². The number of hydrogen-bond acceptors (Lipinski definition) is 6. The molecule has 1 unspecified atom stereocenters. The molecule has 0 aliphatic heterocycles. The molecule has 9 nitrogen and oxygen atoms in total. The van der Waals surface area contributed by atoms with Gasteiger partial charge in [-0.3, -0.25) is 4.79 Å². The molecular weight excluding hydrogens is 304 g/mol. The highest BCUT2D eigenvalue weighted by molar-refractivity contribution is 7.88. The summed E-state index contributed by atoms with van der Waals surface area (Å²) in [4.78, 5) is 22.0. The fourth-order valence-corrected chi connectivity index (χ4v) is 2.09. The molecule has 118 valence electrons. The average Bonchev–Trinajstić information content (AvgIpc) is 2.88. The molecule has 0 saturated heterocycles. The Morgan fingerprint density at radius 2 is 2.00 bits per heavy atom. The predicted molar refractivity (Wildman–Crippen MR) is 70.2 cm³/mol. The third-order valence-corrected chi connectivity index (χ3v) is 4.22. The van der Waals surface area contributed by atoms with E-state index in [1.165, 1.54) is 20.2 Å². The molecule has 0 bridgehead atoms. The van der Waals surface area contributed by atoms with Crippen molar-refractivity contribution in [3.63, 3.8) is 0 Å². The van der Waals surface area contributed by atoms with E-state index in [0.29, 0.717) is 0 Å². The van der Waals surface area contributed by atoms with Crippen LogP contribution in [0.25, 0.3) is 0 Å². The third-order valence-electron chi connectivity index (χ3n) is 2.53. The summed E-state index contributed by atoms with van der Waals surface area (Å²) in [6.07, 6.45) is -1.75. The van der Waals surface area contributed by atoms with Gasteiger partial charge < -0.3 is 19.9 Å². The van der Waals surface area contributed by atoms with E-state index in [1.807, 2.05) is 0 Å². The maximum absolute atomic E-state index is 11.7. The lowest BCUT2D eigenvalue weighted by atomic mass is 10.2. The van der Waals surface area contributed by atoms with Crippen molar-refractivity contribution in [3.8, 4) is 0 Å². The highest BCUT2D eigenvalue weighted by Gasteiger charge is 2.23. The summed E-state index contributed by atoms with van der Waals surface area (Å²) in [7, 11) is -1.12. The van der Waals surface area contributed by atoms with Gasteiger partial charge >= 0.3 is 5.97 Å². The number of aliphatic hydroxyl groups excluding tert-OH is 1. The zero-order valence-corrected chi connectivity index (χ0v) is 12.3. The van der Waals surface area contributed by atoms with E-state index in [1.54, 1.807) is 0 Å². The Kier molecular flexibility index (Phi) is 5.47. The van der Waals surface area contributed by atoms with Gasteiger partial charge in [0.15, 0.2) is 11.9 Å². The van der Waals surface area contributed by atoms with Gasteiger partial charge in [0.25, 0.3) is 15.9 Å². The maximum atomic E-state index is 11.7. The van der Waals surface area contributed by atoms with Gasteiger partial charge in [0, 0.05) is 27.1 Å². The normalized spacial score (nSPS) is 13.1. The number of furan rings is 1. The summed E-state index contributed by atoms with van der Waals surface area (Å²) in [5, 5.41) is 19.4. The minimum absolute atomic E-state index is 0.0945. The fourth-order valence-electron chi connectivity index (χ4n) is 1.29. The first-order valence-electron chi connectivity index (χ1n) is 5.87. The van der Waals surface area contributed by atoms with E-state index in [9.17, 15) is 18.0 Å². The summed E-state index contributed by atoms with van der Waals surface area (Å²) in [6, 6.07) is 2.34. The lowest BCUT2D eigenvalue weighted by Gasteiger charge is -2.08. The maximum Gasteiger partial charge on any atom is 0.332 e. The minimum Gasteiger partial charge on any atom is -0.479 e. The van der Waals surface area contributed by atoms with E-state index in [4.69, 9.17) is 14.6 Å². The van der Waals surface area contributed by atoms with Crippen molar-refractivity contribution in [2.75, 3.05) is 20.6 Å². The second-order valence-corrected chi connectivity index (χ2v) is 6.39. The number of hydrogen-bond donors (Lipinski definition) is 3. The van der Waals surface area contributed by atoms with Crippen molar-refractivity contribution >= 4 is 21.9 Å². The number of nitrogens with zero attached hydrogens (tertiary/aromatic N) is 1. The molecular formula is C11H16N2O7S. The fraction of sp³-hybridized carbons (Fsp3) is 0.455. The van der Waals surface area contributed by atoms with Crippen LogP contribution in [-0.2, 0) is 14.8 Å². The quantitative estimate of drug-likeness (QED) is 0.591. The zero-order valence-electron chi connectivity index (χ0n) is 11.4.